The van der Waals surface area contributed by atoms with Crippen LogP contribution in [-0.2, 0) is 0 Å². The molecule has 2 N–H and O–H groups in total. The number of hydrogen-bond donors (Lipinski definition) is 1. The number of nitrogens with zero attached hydrogens (tertiary/aromatic N) is 1. The van der Waals surface area contributed by atoms with Gasteiger partial charge in [-0.1, -0.05) is 23.7 Å². The Bertz CT molecular complexity index is 549. The number of nitrogens with two attached hydrogens (primary N) is 1. The number of amides is 1. The summed E-state index contributed by atoms with van der Waals surface area (Å²) in [6.45, 7) is -0.104. The monoisotopic (exact) mass is 304 g/mol. The van der Waals surface area contributed by atoms with Gasteiger partial charge in [0, 0.05) is 24.4 Å². The zero-order valence-corrected chi connectivity index (χ0v) is 11.1. The van der Waals surface area contributed by atoms with Crippen molar-refractivity contribution < 1.29 is 18.0 Å². The molecule has 1 aromatic rings. The quantitative estimate of drug-likeness (QED) is 0.639. The maximum Gasteiger partial charge on any atom is 0.412 e. The lowest BCUT2D eigenvalue weighted by molar-refractivity contribution is -0.0957. The van der Waals surface area contributed by atoms with Gasteiger partial charge in [-0.15, -0.1) is 0 Å². The molecule has 0 spiro atoms. The molecule has 108 valence electrons. The fraction of sp³-hybridized carbons (Fsp3) is 0.308. The average molecular weight is 305 g/mol. The molecule has 0 saturated carbocycles. The van der Waals surface area contributed by atoms with Gasteiger partial charge < -0.3 is 10.6 Å². The maximum atomic E-state index is 12.5. The number of halogens is 4. The van der Waals surface area contributed by atoms with Gasteiger partial charge in [0.05, 0.1) is 10.6 Å². The van der Waals surface area contributed by atoms with Crippen LogP contribution in [-0.4, -0.2) is 30.1 Å². The number of anilines is 1. The predicted octanol–water partition coefficient (Wildman–Crippen LogP) is 3.26. The van der Waals surface area contributed by atoms with E-state index in [1.807, 2.05) is 0 Å². The van der Waals surface area contributed by atoms with E-state index in [9.17, 15) is 18.0 Å². The Kier molecular flexibility index (Phi) is 3.94. The van der Waals surface area contributed by atoms with E-state index in [0.29, 0.717) is 0 Å². The summed E-state index contributed by atoms with van der Waals surface area (Å²) in [6.07, 6.45) is -3.54. The number of hydrogen-bond acceptors (Lipinski definition) is 2. The molecular formula is C13H12ClF3N2O. The van der Waals surface area contributed by atoms with Crippen LogP contribution in [0.15, 0.2) is 29.8 Å². The second-order valence-corrected chi connectivity index (χ2v) is 4.84. The van der Waals surface area contributed by atoms with Crippen LogP contribution in [0.5, 0.6) is 0 Å². The van der Waals surface area contributed by atoms with Crippen molar-refractivity contribution in [3.8, 4) is 0 Å². The number of carbonyl (C=O) groups is 1. The first kappa shape index (κ1) is 14.7. The Hall–Kier alpha value is -1.69. The summed E-state index contributed by atoms with van der Waals surface area (Å²) >= 11 is 5.92. The van der Waals surface area contributed by atoms with Crippen LogP contribution in [0.1, 0.15) is 16.8 Å². The molecule has 0 radical (unpaired) electrons. The number of rotatable bonds is 1. The van der Waals surface area contributed by atoms with Crippen LogP contribution in [0.3, 0.4) is 0 Å². The van der Waals surface area contributed by atoms with Crippen molar-refractivity contribution in [3.05, 3.63) is 40.4 Å². The molecule has 0 saturated heterocycles. The summed E-state index contributed by atoms with van der Waals surface area (Å²) in [5.41, 5.74) is 5.45. The molecule has 1 aliphatic rings. The molecule has 1 aliphatic heterocycles. The molecular weight excluding hydrogens is 293 g/mol. The normalized spacial score (nSPS) is 16.0. The van der Waals surface area contributed by atoms with E-state index in [1.165, 1.54) is 17.0 Å². The Morgan fingerprint density at radius 3 is 2.55 bits per heavy atom. The smallest absolute Gasteiger partial charge is 0.398 e. The van der Waals surface area contributed by atoms with Gasteiger partial charge in [-0.05, 0) is 18.6 Å². The SMILES string of the molecule is Nc1cccc(Cl)c1C(=O)N1CC=C(C(F)(F)F)CC1. The van der Waals surface area contributed by atoms with E-state index < -0.39 is 17.7 Å². The third-order valence-electron chi connectivity index (χ3n) is 3.12. The van der Waals surface area contributed by atoms with Crippen LogP contribution in [0.25, 0.3) is 0 Å². The Morgan fingerprint density at radius 1 is 1.35 bits per heavy atom. The summed E-state index contributed by atoms with van der Waals surface area (Å²) in [5.74, 6) is -0.453. The summed E-state index contributed by atoms with van der Waals surface area (Å²) in [7, 11) is 0. The average Bonchev–Trinajstić information content (AvgIpc) is 2.37. The van der Waals surface area contributed by atoms with Gasteiger partial charge in [-0.2, -0.15) is 13.2 Å². The fourth-order valence-electron chi connectivity index (χ4n) is 2.04. The number of nitrogen functional groups attached to an aromatic ring is 1. The zero-order valence-electron chi connectivity index (χ0n) is 10.4. The minimum absolute atomic E-state index is 0.00512. The molecule has 0 atom stereocenters. The van der Waals surface area contributed by atoms with Crippen molar-refractivity contribution in [1.29, 1.82) is 0 Å². The van der Waals surface area contributed by atoms with Gasteiger partial charge in [0.1, 0.15) is 0 Å². The van der Waals surface area contributed by atoms with E-state index in [-0.39, 0.29) is 35.8 Å². The van der Waals surface area contributed by atoms with Crippen LogP contribution >= 0.6 is 11.6 Å². The minimum Gasteiger partial charge on any atom is -0.398 e. The van der Waals surface area contributed by atoms with Crippen molar-refractivity contribution in [3.63, 3.8) is 0 Å². The molecule has 1 aromatic carbocycles. The van der Waals surface area contributed by atoms with Crippen LogP contribution in [0.2, 0.25) is 5.02 Å². The number of alkyl halides is 3. The molecule has 0 aromatic heterocycles. The maximum absolute atomic E-state index is 12.5. The van der Waals surface area contributed by atoms with Crippen molar-refractivity contribution >= 4 is 23.2 Å². The molecule has 0 bridgehead atoms. The molecule has 0 unspecified atom stereocenters. The van der Waals surface area contributed by atoms with Crippen molar-refractivity contribution in [1.82, 2.24) is 4.90 Å². The van der Waals surface area contributed by atoms with Gasteiger partial charge in [0.25, 0.3) is 5.91 Å². The number of carbonyl (C=O) groups excluding carboxylic acids is 1. The lowest BCUT2D eigenvalue weighted by Gasteiger charge is -2.28. The van der Waals surface area contributed by atoms with Crippen LogP contribution < -0.4 is 5.73 Å². The first-order valence-corrected chi connectivity index (χ1v) is 6.28. The van der Waals surface area contributed by atoms with E-state index in [0.717, 1.165) is 6.08 Å². The van der Waals surface area contributed by atoms with Gasteiger partial charge >= 0.3 is 6.18 Å². The highest BCUT2D eigenvalue weighted by atomic mass is 35.5. The highest BCUT2D eigenvalue weighted by Gasteiger charge is 2.35. The first-order chi connectivity index (χ1) is 9.30. The third kappa shape index (κ3) is 2.90. The van der Waals surface area contributed by atoms with Crippen LogP contribution in [0.4, 0.5) is 18.9 Å². The standard InChI is InChI=1S/C13H12ClF3N2O/c14-9-2-1-3-10(18)11(9)12(20)19-6-4-8(5-7-19)13(15,16)17/h1-4H,5-7,18H2. The lowest BCUT2D eigenvalue weighted by Crippen LogP contribution is -2.37. The minimum atomic E-state index is -4.33. The third-order valence-corrected chi connectivity index (χ3v) is 3.44. The largest absolute Gasteiger partial charge is 0.412 e. The molecule has 20 heavy (non-hydrogen) atoms. The Morgan fingerprint density at radius 2 is 2.05 bits per heavy atom. The summed E-state index contributed by atoms with van der Waals surface area (Å²) in [6, 6.07) is 4.65. The van der Waals surface area contributed by atoms with Crippen molar-refractivity contribution in [2.75, 3.05) is 18.8 Å². The van der Waals surface area contributed by atoms with Crippen LogP contribution in [0, 0.1) is 0 Å². The molecule has 7 heteroatoms. The molecule has 0 aliphatic carbocycles. The van der Waals surface area contributed by atoms with Gasteiger partial charge in [-0.25, -0.2) is 0 Å². The topological polar surface area (TPSA) is 46.3 Å². The van der Waals surface area contributed by atoms with E-state index >= 15 is 0 Å². The van der Waals surface area contributed by atoms with E-state index in [4.69, 9.17) is 17.3 Å². The molecule has 1 heterocycles. The second kappa shape index (κ2) is 5.36. The van der Waals surface area contributed by atoms with E-state index in [2.05, 4.69) is 0 Å². The van der Waals surface area contributed by atoms with Gasteiger partial charge in [-0.3, -0.25) is 4.79 Å². The highest BCUT2D eigenvalue weighted by molar-refractivity contribution is 6.34. The second-order valence-electron chi connectivity index (χ2n) is 4.43. The summed E-state index contributed by atoms with van der Waals surface area (Å²) < 4.78 is 37.5. The summed E-state index contributed by atoms with van der Waals surface area (Å²) in [4.78, 5) is 13.5. The predicted molar refractivity (Wildman–Crippen MR) is 70.5 cm³/mol. The lowest BCUT2D eigenvalue weighted by atomic mass is 10.1. The molecule has 3 nitrogen and oxygen atoms in total. The zero-order chi connectivity index (χ0) is 14.9. The molecule has 0 fully saturated rings. The van der Waals surface area contributed by atoms with Gasteiger partial charge in [0.2, 0.25) is 0 Å². The highest BCUT2D eigenvalue weighted by Crippen LogP contribution is 2.31. The Labute approximate surface area is 118 Å². The summed E-state index contributed by atoms with van der Waals surface area (Å²) in [5, 5.41) is 0.195. The van der Waals surface area contributed by atoms with Crippen molar-refractivity contribution in [2.24, 2.45) is 0 Å². The van der Waals surface area contributed by atoms with Gasteiger partial charge in [0.15, 0.2) is 0 Å². The fourth-order valence-corrected chi connectivity index (χ4v) is 2.30. The van der Waals surface area contributed by atoms with E-state index in [1.54, 1.807) is 6.07 Å². The molecule has 2 rings (SSSR count). The molecule has 1 amide bonds. The Balaban J connectivity index is 2.19. The van der Waals surface area contributed by atoms with Crippen molar-refractivity contribution in [2.45, 2.75) is 12.6 Å². The first-order valence-electron chi connectivity index (χ1n) is 5.90. The number of benzene rings is 1.